The SMILES string of the molecule is NCCCCc1c(F)cncc1F. The van der Waals surface area contributed by atoms with Crippen molar-refractivity contribution in [1.29, 1.82) is 0 Å². The van der Waals surface area contributed by atoms with Gasteiger partial charge in [0.2, 0.25) is 0 Å². The third-order valence-corrected chi connectivity index (χ3v) is 1.83. The van der Waals surface area contributed by atoms with Crippen molar-refractivity contribution in [1.82, 2.24) is 4.98 Å². The molecule has 0 atom stereocenters. The molecule has 2 N–H and O–H groups in total. The van der Waals surface area contributed by atoms with Crippen LogP contribution in [-0.4, -0.2) is 11.5 Å². The Morgan fingerprint density at radius 2 is 1.77 bits per heavy atom. The Labute approximate surface area is 75.8 Å². The van der Waals surface area contributed by atoms with E-state index in [1.165, 1.54) is 0 Å². The van der Waals surface area contributed by atoms with Crippen LogP contribution in [0.1, 0.15) is 18.4 Å². The summed E-state index contributed by atoms with van der Waals surface area (Å²) in [5, 5.41) is 0. The molecule has 1 aromatic heterocycles. The molecule has 0 aliphatic rings. The lowest BCUT2D eigenvalue weighted by Gasteiger charge is -2.02. The molecule has 13 heavy (non-hydrogen) atoms. The molecular weight excluding hydrogens is 174 g/mol. The Morgan fingerprint density at radius 3 is 2.31 bits per heavy atom. The molecule has 0 saturated heterocycles. The number of nitrogens with two attached hydrogens (primary N) is 1. The van der Waals surface area contributed by atoms with Crippen molar-refractivity contribution in [2.24, 2.45) is 5.73 Å². The van der Waals surface area contributed by atoms with Crippen LogP contribution in [-0.2, 0) is 6.42 Å². The molecule has 4 heteroatoms. The van der Waals surface area contributed by atoms with Crippen LogP contribution in [0.3, 0.4) is 0 Å². The number of pyridine rings is 1. The van der Waals surface area contributed by atoms with Gasteiger partial charge in [-0.05, 0) is 25.8 Å². The van der Waals surface area contributed by atoms with Crippen molar-refractivity contribution in [2.45, 2.75) is 19.3 Å². The summed E-state index contributed by atoms with van der Waals surface area (Å²) in [5.74, 6) is -1.14. The summed E-state index contributed by atoms with van der Waals surface area (Å²) in [5.41, 5.74) is 5.38. The monoisotopic (exact) mass is 186 g/mol. The standard InChI is InChI=1S/C9H12F2N2/c10-8-5-13-6-9(11)7(8)3-1-2-4-12/h5-6H,1-4,12H2. The zero-order chi connectivity index (χ0) is 9.68. The molecule has 0 aromatic carbocycles. The fourth-order valence-corrected chi connectivity index (χ4v) is 1.12. The third-order valence-electron chi connectivity index (χ3n) is 1.83. The Balaban J connectivity index is 2.64. The molecule has 0 spiro atoms. The molecule has 0 bridgehead atoms. The highest BCUT2D eigenvalue weighted by atomic mass is 19.1. The number of nitrogens with zero attached hydrogens (tertiary/aromatic N) is 1. The lowest BCUT2D eigenvalue weighted by molar-refractivity contribution is 0.538. The molecule has 72 valence electrons. The molecule has 0 radical (unpaired) electrons. The van der Waals surface area contributed by atoms with Crippen LogP contribution in [0.4, 0.5) is 8.78 Å². The first-order chi connectivity index (χ1) is 6.25. The largest absolute Gasteiger partial charge is 0.330 e. The second-order valence-corrected chi connectivity index (χ2v) is 2.83. The number of aromatic nitrogens is 1. The molecule has 0 aliphatic carbocycles. The van der Waals surface area contributed by atoms with Crippen molar-refractivity contribution in [3.63, 3.8) is 0 Å². The molecule has 0 aliphatic heterocycles. The topological polar surface area (TPSA) is 38.9 Å². The summed E-state index contributed by atoms with van der Waals surface area (Å²) < 4.78 is 25.9. The first-order valence-corrected chi connectivity index (χ1v) is 4.23. The van der Waals surface area contributed by atoms with Crippen LogP contribution in [0.5, 0.6) is 0 Å². The van der Waals surface area contributed by atoms with Crippen molar-refractivity contribution >= 4 is 0 Å². The summed E-state index contributed by atoms with van der Waals surface area (Å²) in [6.45, 7) is 0.550. The maximum atomic E-state index is 12.9. The van der Waals surface area contributed by atoms with Crippen molar-refractivity contribution in [3.05, 3.63) is 29.6 Å². The van der Waals surface area contributed by atoms with Crippen molar-refractivity contribution in [2.75, 3.05) is 6.54 Å². The first kappa shape index (κ1) is 10.1. The molecule has 1 heterocycles. The average Bonchev–Trinajstić information content (AvgIpc) is 2.10. The van der Waals surface area contributed by atoms with Gasteiger partial charge in [0.1, 0.15) is 11.6 Å². The smallest absolute Gasteiger partial charge is 0.147 e. The van der Waals surface area contributed by atoms with Gasteiger partial charge in [-0.2, -0.15) is 0 Å². The summed E-state index contributed by atoms with van der Waals surface area (Å²) >= 11 is 0. The molecule has 1 rings (SSSR count). The molecule has 0 amide bonds. The number of halogens is 2. The quantitative estimate of drug-likeness (QED) is 0.726. The van der Waals surface area contributed by atoms with Gasteiger partial charge in [0, 0.05) is 5.56 Å². The molecule has 1 aromatic rings. The number of hydrogen-bond acceptors (Lipinski definition) is 2. The van der Waals surface area contributed by atoms with Gasteiger partial charge in [-0.1, -0.05) is 0 Å². The van der Waals surface area contributed by atoms with Gasteiger partial charge in [0.15, 0.2) is 0 Å². The van der Waals surface area contributed by atoms with Crippen LogP contribution in [0.15, 0.2) is 12.4 Å². The summed E-state index contributed by atoms with van der Waals surface area (Å²) in [7, 11) is 0. The highest BCUT2D eigenvalue weighted by Gasteiger charge is 2.07. The predicted molar refractivity (Wildman–Crippen MR) is 46.1 cm³/mol. The Bertz CT molecular complexity index is 256. The Hall–Kier alpha value is -1.03. The van der Waals surface area contributed by atoms with E-state index in [0.717, 1.165) is 18.8 Å². The predicted octanol–water partition coefficient (Wildman–Crippen LogP) is 1.64. The van der Waals surface area contributed by atoms with E-state index < -0.39 is 11.6 Å². The number of hydrogen-bond donors (Lipinski definition) is 1. The minimum atomic E-state index is -0.572. The van der Waals surface area contributed by atoms with Gasteiger partial charge in [-0.3, -0.25) is 4.98 Å². The van der Waals surface area contributed by atoms with Gasteiger partial charge in [-0.25, -0.2) is 8.78 Å². The summed E-state index contributed by atoms with van der Waals surface area (Å²) in [6.07, 6.45) is 3.93. The summed E-state index contributed by atoms with van der Waals surface area (Å²) in [6, 6.07) is 0. The second-order valence-electron chi connectivity index (χ2n) is 2.83. The maximum Gasteiger partial charge on any atom is 0.147 e. The lowest BCUT2D eigenvalue weighted by atomic mass is 10.1. The van der Waals surface area contributed by atoms with E-state index in [9.17, 15) is 8.78 Å². The number of rotatable bonds is 4. The fourth-order valence-electron chi connectivity index (χ4n) is 1.12. The van der Waals surface area contributed by atoms with Gasteiger partial charge in [0.25, 0.3) is 0 Å². The van der Waals surface area contributed by atoms with Gasteiger partial charge >= 0.3 is 0 Å². The van der Waals surface area contributed by atoms with E-state index in [-0.39, 0.29) is 5.56 Å². The molecule has 2 nitrogen and oxygen atoms in total. The zero-order valence-electron chi connectivity index (χ0n) is 7.26. The van der Waals surface area contributed by atoms with Crippen LogP contribution < -0.4 is 5.73 Å². The van der Waals surface area contributed by atoms with Gasteiger partial charge in [-0.15, -0.1) is 0 Å². The van der Waals surface area contributed by atoms with Crippen molar-refractivity contribution < 1.29 is 8.78 Å². The maximum absolute atomic E-state index is 12.9. The molecular formula is C9H12F2N2. The van der Waals surface area contributed by atoms with E-state index in [0.29, 0.717) is 19.4 Å². The fraction of sp³-hybridized carbons (Fsp3) is 0.444. The van der Waals surface area contributed by atoms with E-state index in [4.69, 9.17) is 5.73 Å². The second kappa shape index (κ2) is 4.87. The average molecular weight is 186 g/mol. The molecule has 0 saturated carbocycles. The Kier molecular flexibility index (Phi) is 3.76. The Morgan fingerprint density at radius 1 is 1.15 bits per heavy atom. The third kappa shape index (κ3) is 2.73. The first-order valence-electron chi connectivity index (χ1n) is 4.23. The van der Waals surface area contributed by atoms with Crippen molar-refractivity contribution in [3.8, 4) is 0 Å². The van der Waals surface area contributed by atoms with Gasteiger partial charge in [0.05, 0.1) is 12.4 Å². The molecule has 0 fully saturated rings. The number of unbranched alkanes of at least 4 members (excludes halogenated alkanes) is 1. The van der Waals surface area contributed by atoms with Crippen LogP contribution in [0.2, 0.25) is 0 Å². The van der Waals surface area contributed by atoms with Gasteiger partial charge < -0.3 is 5.73 Å². The van der Waals surface area contributed by atoms with E-state index in [1.54, 1.807) is 0 Å². The van der Waals surface area contributed by atoms with Crippen LogP contribution in [0.25, 0.3) is 0 Å². The minimum Gasteiger partial charge on any atom is -0.330 e. The van der Waals surface area contributed by atoms with E-state index in [2.05, 4.69) is 4.98 Å². The van der Waals surface area contributed by atoms with Crippen LogP contribution in [0, 0.1) is 11.6 Å². The molecule has 0 unspecified atom stereocenters. The normalized spacial score (nSPS) is 10.4. The van der Waals surface area contributed by atoms with Crippen LogP contribution >= 0.6 is 0 Å². The zero-order valence-corrected chi connectivity index (χ0v) is 7.26. The van der Waals surface area contributed by atoms with E-state index in [1.807, 2.05) is 0 Å². The lowest BCUT2D eigenvalue weighted by Crippen LogP contribution is -2.01. The van der Waals surface area contributed by atoms with E-state index >= 15 is 0 Å². The summed E-state index contributed by atoms with van der Waals surface area (Å²) in [4.78, 5) is 3.40. The highest BCUT2D eigenvalue weighted by Crippen LogP contribution is 2.12. The minimum absolute atomic E-state index is 0.114. The highest BCUT2D eigenvalue weighted by molar-refractivity contribution is 5.14.